The van der Waals surface area contributed by atoms with E-state index in [4.69, 9.17) is 0 Å². The Hall–Kier alpha value is -1.88. The second kappa shape index (κ2) is 5.85. The van der Waals surface area contributed by atoms with Gasteiger partial charge >= 0.3 is 0 Å². The molecule has 0 bridgehead atoms. The van der Waals surface area contributed by atoms with Crippen molar-refractivity contribution in [3.8, 4) is 11.1 Å². The normalized spacial score (nSPS) is 12.2. The Morgan fingerprint density at radius 2 is 1.81 bits per heavy atom. The smallest absolute Gasteiger partial charge is 0.179 e. The molecule has 0 saturated carbocycles. The summed E-state index contributed by atoms with van der Waals surface area (Å²) in [5.41, 5.74) is 3.24. The molecular formula is C18H14INO. The van der Waals surface area contributed by atoms with Crippen LogP contribution in [0.1, 0.15) is 11.6 Å². The maximum absolute atomic E-state index is 11.4. The van der Waals surface area contributed by atoms with E-state index in [1.165, 1.54) is 9.13 Å². The maximum Gasteiger partial charge on any atom is 0.179 e. The van der Waals surface area contributed by atoms with E-state index in [1.807, 2.05) is 24.4 Å². The number of pyridine rings is 1. The molecule has 1 aromatic rings. The van der Waals surface area contributed by atoms with Gasteiger partial charge in [-0.05, 0) is 75.7 Å². The van der Waals surface area contributed by atoms with Gasteiger partial charge < -0.3 is 4.57 Å². The highest BCUT2D eigenvalue weighted by Gasteiger charge is 2.10. The van der Waals surface area contributed by atoms with Crippen molar-refractivity contribution in [3.05, 3.63) is 92.9 Å². The molecule has 0 spiro atoms. The van der Waals surface area contributed by atoms with Gasteiger partial charge in [0.25, 0.3) is 0 Å². The second-order valence-corrected chi connectivity index (χ2v) is 6.16. The lowest BCUT2D eigenvalue weighted by atomic mass is 10.0. The first-order valence-electron chi connectivity index (χ1n) is 6.67. The fourth-order valence-corrected chi connectivity index (χ4v) is 2.81. The third-order valence-electron chi connectivity index (χ3n) is 3.53. The van der Waals surface area contributed by atoms with Crippen LogP contribution in [0.25, 0.3) is 11.1 Å². The molecule has 2 nitrogen and oxygen atoms in total. The van der Waals surface area contributed by atoms with Crippen LogP contribution >= 0.6 is 22.6 Å². The minimum Gasteiger partial charge on any atom is -0.343 e. The predicted octanol–water partition coefficient (Wildman–Crippen LogP) is 4.33. The number of benzene rings is 2. The lowest BCUT2D eigenvalue weighted by Crippen LogP contribution is -2.09. The Morgan fingerprint density at radius 3 is 2.52 bits per heavy atom. The summed E-state index contributed by atoms with van der Waals surface area (Å²) in [6.45, 7) is 3.96. The van der Waals surface area contributed by atoms with Crippen molar-refractivity contribution in [2.75, 3.05) is 0 Å². The minimum absolute atomic E-state index is 0.0400. The Balaban J connectivity index is 2.07. The molecule has 1 aliphatic carbocycles. The largest absolute Gasteiger partial charge is 0.343 e. The molecule has 1 unspecified atom stereocenters. The molecule has 3 heteroatoms. The third kappa shape index (κ3) is 2.93. The topological polar surface area (TPSA) is 22.0 Å². The van der Waals surface area contributed by atoms with Crippen LogP contribution in [-0.4, -0.2) is 4.57 Å². The molecule has 0 saturated heterocycles. The van der Waals surface area contributed by atoms with Gasteiger partial charge in [0.15, 0.2) is 5.43 Å². The number of hydrogen-bond acceptors (Lipinski definition) is 1. The zero-order chi connectivity index (χ0) is 14.8. The Morgan fingerprint density at radius 1 is 1.05 bits per heavy atom. The van der Waals surface area contributed by atoms with Crippen molar-refractivity contribution in [2.24, 2.45) is 0 Å². The van der Waals surface area contributed by atoms with E-state index >= 15 is 0 Å². The monoisotopic (exact) mass is 387 g/mol. The first-order valence-corrected chi connectivity index (χ1v) is 7.75. The van der Waals surface area contributed by atoms with Crippen LogP contribution in [-0.2, 0) is 0 Å². The number of rotatable bonds is 3. The van der Waals surface area contributed by atoms with Gasteiger partial charge in [0.1, 0.15) is 0 Å². The van der Waals surface area contributed by atoms with Crippen LogP contribution in [0, 0.1) is 3.57 Å². The van der Waals surface area contributed by atoms with E-state index in [-0.39, 0.29) is 11.5 Å². The van der Waals surface area contributed by atoms with E-state index in [1.54, 1.807) is 12.1 Å². The molecule has 1 heterocycles. The summed E-state index contributed by atoms with van der Waals surface area (Å²) in [6.07, 6.45) is 5.97. The van der Waals surface area contributed by atoms with Gasteiger partial charge in [-0.25, -0.2) is 0 Å². The molecule has 3 rings (SSSR count). The van der Waals surface area contributed by atoms with Crippen molar-refractivity contribution in [1.82, 2.24) is 4.57 Å². The number of allylic oxidation sites excluding steroid dienone is 1. The second-order valence-electron chi connectivity index (χ2n) is 4.91. The number of aromatic nitrogens is 1. The molecule has 21 heavy (non-hydrogen) atoms. The molecule has 0 N–H and O–H groups in total. The van der Waals surface area contributed by atoms with Gasteiger partial charge in [-0.1, -0.05) is 18.2 Å². The number of nitrogens with zero attached hydrogens (tertiary/aromatic N) is 1. The average Bonchev–Trinajstić information content (AvgIpc) is 2.50. The predicted molar refractivity (Wildman–Crippen MR) is 94.8 cm³/mol. The van der Waals surface area contributed by atoms with Gasteiger partial charge in [-0.15, -0.1) is 6.58 Å². The Bertz CT molecular complexity index is 804. The van der Waals surface area contributed by atoms with E-state index in [2.05, 4.69) is 64.2 Å². The maximum atomic E-state index is 11.4. The summed E-state index contributed by atoms with van der Waals surface area (Å²) >= 11 is 2.30. The Kier molecular flexibility index (Phi) is 3.92. The SMILES string of the molecule is C=CC(c1ccc(I)cc1)n1ccc2cc(=O)ccc-2c1. The lowest BCUT2D eigenvalue weighted by Gasteiger charge is -2.19. The third-order valence-corrected chi connectivity index (χ3v) is 4.25. The highest BCUT2D eigenvalue weighted by atomic mass is 127. The van der Waals surface area contributed by atoms with Gasteiger partial charge in [0.05, 0.1) is 6.04 Å². The highest BCUT2D eigenvalue weighted by Crippen LogP contribution is 2.25. The highest BCUT2D eigenvalue weighted by molar-refractivity contribution is 14.1. The molecule has 2 aliphatic rings. The fourth-order valence-electron chi connectivity index (χ4n) is 2.45. The van der Waals surface area contributed by atoms with Crippen molar-refractivity contribution in [2.45, 2.75) is 6.04 Å². The molecule has 1 atom stereocenters. The van der Waals surface area contributed by atoms with E-state index in [0.29, 0.717) is 0 Å². The van der Waals surface area contributed by atoms with Crippen LogP contribution < -0.4 is 5.43 Å². The molecule has 1 aromatic carbocycles. The minimum atomic E-state index is 0.0400. The van der Waals surface area contributed by atoms with Crippen molar-refractivity contribution < 1.29 is 0 Å². The number of halogens is 1. The lowest BCUT2D eigenvalue weighted by molar-refractivity contribution is 0.696. The molecular weight excluding hydrogens is 373 g/mol. The van der Waals surface area contributed by atoms with Crippen molar-refractivity contribution in [1.29, 1.82) is 0 Å². The summed E-state index contributed by atoms with van der Waals surface area (Å²) in [5.74, 6) is 0. The van der Waals surface area contributed by atoms with Gasteiger partial charge in [0.2, 0.25) is 0 Å². The summed E-state index contributed by atoms with van der Waals surface area (Å²) in [5, 5.41) is 0. The van der Waals surface area contributed by atoms with Gasteiger partial charge in [-0.2, -0.15) is 0 Å². The summed E-state index contributed by atoms with van der Waals surface area (Å²) < 4.78 is 3.33. The van der Waals surface area contributed by atoms with Crippen molar-refractivity contribution in [3.63, 3.8) is 0 Å². The molecule has 0 amide bonds. The molecule has 1 aliphatic heterocycles. The standard InChI is InChI=1S/C18H14INO/c1-2-18(13-3-6-16(19)7-4-13)20-10-9-14-11-17(21)8-5-15(14)12-20/h2-12,18H,1H2. The van der Waals surface area contributed by atoms with Gasteiger partial charge in [0, 0.05) is 16.0 Å². The molecule has 0 radical (unpaired) electrons. The van der Waals surface area contributed by atoms with Crippen LogP contribution in [0.3, 0.4) is 0 Å². The zero-order valence-corrected chi connectivity index (χ0v) is 13.5. The summed E-state index contributed by atoms with van der Waals surface area (Å²) in [4.78, 5) is 11.4. The molecule has 104 valence electrons. The molecule has 0 fully saturated rings. The van der Waals surface area contributed by atoms with E-state index in [0.717, 1.165) is 11.1 Å². The quantitative estimate of drug-likeness (QED) is 0.484. The van der Waals surface area contributed by atoms with Crippen LogP contribution in [0.2, 0.25) is 0 Å². The molecule has 0 aromatic heterocycles. The van der Waals surface area contributed by atoms with Crippen LogP contribution in [0.4, 0.5) is 0 Å². The number of hydrogen-bond donors (Lipinski definition) is 0. The summed E-state index contributed by atoms with van der Waals surface area (Å²) in [7, 11) is 0. The van der Waals surface area contributed by atoms with E-state index < -0.39 is 0 Å². The Labute approximate surface area is 137 Å². The first kappa shape index (κ1) is 14.1. The first-order chi connectivity index (χ1) is 10.2. The van der Waals surface area contributed by atoms with E-state index in [9.17, 15) is 4.79 Å². The van der Waals surface area contributed by atoms with Crippen LogP contribution in [0.5, 0.6) is 0 Å². The van der Waals surface area contributed by atoms with Crippen molar-refractivity contribution >= 4 is 22.6 Å². The zero-order valence-electron chi connectivity index (χ0n) is 11.4. The number of fused-ring (bicyclic) bond motifs is 1. The fraction of sp³-hybridized carbons (Fsp3) is 0.0556. The van der Waals surface area contributed by atoms with Crippen LogP contribution in [0.15, 0.2) is 78.4 Å². The van der Waals surface area contributed by atoms with Gasteiger partial charge in [-0.3, -0.25) is 4.79 Å². The summed E-state index contributed by atoms with van der Waals surface area (Å²) in [6, 6.07) is 15.6. The average molecular weight is 387 g/mol.